The summed E-state index contributed by atoms with van der Waals surface area (Å²) in [5.41, 5.74) is 4.40. The van der Waals surface area contributed by atoms with Gasteiger partial charge in [-0.05, 0) is 62.4 Å². The highest BCUT2D eigenvalue weighted by Crippen LogP contribution is 2.30. The Labute approximate surface area is 177 Å². The van der Waals surface area contributed by atoms with Crippen molar-refractivity contribution in [2.45, 2.75) is 46.2 Å². The number of hydrogen-bond donors (Lipinski definition) is 1. The fourth-order valence-corrected chi connectivity index (χ4v) is 4.19. The molecule has 1 amide bonds. The first kappa shape index (κ1) is 22.0. The van der Waals surface area contributed by atoms with E-state index in [2.05, 4.69) is 11.4 Å². The second-order valence-electron chi connectivity index (χ2n) is 7.83. The van der Waals surface area contributed by atoms with Gasteiger partial charge >= 0.3 is 0 Å². The molecule has 0 aliphatic carbocycles. The molecule has 0 saturated heterocycles. The van der Waals surface area contributed by atoms with E-state index in [0.29, 0.717) is 24.5 Å². The number of nitrogens with one attached hydrogen (secondary N) is 1. The molecule has 30 heavy (non-hydrogen) atoms. The van der Waals surface area contributed by atoms with Gasteiger partial charge in [-0.2, -0.15) is 5.26 Å². The molecule has 1 N–H and O–H groups in total. The first-order chi connectivity index (χ1) is 14.4. The maximum Gasteiger partial charge on any atom is 0.239 e. The van der Waals surface area contributed by atoms with Crippen LogP contribution in [0.5, 0.6) is 0 Å². The first-order valence-corrected chi connectivity index (χ1v) is 10.3. The average Bonchev–Trinajstić information content (AvgIpc) is 2.94. The van der Waals surface area contributed by atoms with Crippen LogP contribution in [-0.4, -0.2) is 42.2 Å². The predicted octanol–water partition coefficient (Wildman–Crippen LogP) is 3.71. The molecule has 0 saturated carbocycles. The number of nitriles is 1. The minimum Gasteiger partial charge on any atom is -0.385 e. The van der Waals surface area contributed by atoms with Gasteiger partial charge in [0, 0.05) is 38.5 Å². The van der Waals surface area contributed by atoms with Crippen LogP contribution in [0.2, 0.25) is 0 Å². The zero-order valence-corrected chi connectivity index (χ0v) is 18.1. The third-order valence-corrected chi connectivity index (χ3v) is 6.05. The van der Waals surface area contributed by atoms with Gasteiger partial charge in [0.05, 0.1) is 12.1 Å². The highest BCUT2D eigenvalue weighted by molar-refractivity contribution is 5.93. The number of carbonyl (C=O) groups excluding carboxylic acids is 1. The minimum absolute atomic E-state index is 0.0531. The second kappa shape index (κ2) is 9.41. The summed E-state index contributed by atoms with van der Waals surface area (Å²) in [7, 11) is 1.65. The molecule has 2 heterocycles. The van der Waals surface area contributed by atoms with Gasteiger partial charge in [0.1, 0.15) is 17.7 Å². The Bertz CT molecular complexity index is 977. The minimum atomic E-state index is -0.259. The van der Waals surface area contributed by atoms with Gasteiger partial charge in [0.15, 0.2) is 0 Å². The summed E-state index contributed by atoms with van der Waals surface area (Å²) in [5, 5.41) is 12.6. The molecule has 1 atom stereocenters. The number of fused-ring (bicyclic) bond motifs is 1. The summed E-state index contributed by atoms with van der Waals surface area (Å²) in [6.45, 7) is 8.02. The number of methoxy groups -OCH3 is 1. The van der Waals surface area contributed by atoms with E-state index in [1.54, 1.807) is 13.2 Å². The molecule has 1 aliphatic rings. The Balaban J connectivity index is 1.76. The molecule has 0 spiro atoms. The molecule has 1 aromatic heterocycles. The van der Waals surface area contributed by atoms with E-state index in [9.17, 15) is 14.4 Å². The maximum absolute atomic E-state index is 13.7. The molecule has 0 bridgehead atoms. The van der Waals surface area contributed by atoms with Crippen LogP contribution in [0.15, 0.2) is 18.2 Å². The van der Waals surface area contributed by atoms with Crippen LogP contribution in [0.4, 0.5) is 10.2 Å². The van der Waals surface area contributed by atoms with Crippen molar-refractivity contribution in [3.63, 3.8) is 0 Å². The predicted molar refractivity (Wildman–Crippen MR) is 114 cm³/mol. The number of halogens is 1. The lowest BCUT2D eigenvalue weighted by Crippen LogP contribution is -2.40. The van der Waals surface area contributed by atoms with Crippen molar-refractivity contribution in [1.29, 1.82) is 5.26 Å². The first-order valence-electron chi connectivity index (χ1n) is 10.3. The van der Waals surface area contributed by atoms with Crippen molar-refractivity contribution < 1.29 is 13.9 Å². The number of amides is 1. The summed E-state index contributed by atoms with van der Waals surface area (Å²) >= 11 is 0. The summed E-state index contributed by atoms with van der Waals surface area (Å²) in [5.74, 6) is 0.110. The van der Waals surface area contributed by atoms with E-state index in [-0.39, 0.29) is 24.3 Å². The Kier molecular flexibility index (Phi) is 6.91. The van der Waals surface area contributed by atoms with Gasteiger partial charge < -0.3 is 14.6 Å². The zero-order valence-electron chi connectivity index (χ0n) is 18.1. The summed E-state index contributed by atoms with van der Waals surface area (Å²) in [6.07, 6.45) is 1.56. The smallest absolute Gasteiger partial charge is 0.239 e. The topological polar surface area (TPSA) is 70.3 Å². The number of benzene rings is 1. The summed E-state index contributed by atoms with van der Waals surface area (Å²) in [6, 6.07) is 7.05. The van der Waals surface area contributed by atoms with Crippen molar-refractivity contribution in [3.8, 4) is 6.07 Å². The van der Waals surface area contributed by atoms with E-state index in [0.717, 1.165) is 41.8 Å². The lowest BCUT2D eigenvalue weighted by molar-refractivity contribution is -0.118. The molecule has 1 aliphatic heterocycles. The van der Waals surface area contributed by atoms with E-state index in [1.807, 2.05) is 36.3 Å². The number of ether oxygens (including phenoxy) is 1. The molecule has 1 unspecified atom stereocenters. The molecule has 2 aromatic rings. The fourth-order valence-electron chi connectivity index (χ4n) is 4.19. The van der Waals surface area contributed by atoms with Crippen molar-refractivity contribution in [2.24, 2.45) is 0 Å². The summed E-state index contributed by atoms with van der Waals surface area (Å²) < 4.78 is 20.8. The molecule has 0 radical (unpaired) electrons. The normalized spacial score (nSPS) is 16.2. The van der Waals surface area contributed by atoms with Crippen LogP contribution in [0, 0.1) is 31.0 Å². The van der Waals surface area contributed by atoms with E-state index in [1.165, 1.54) is 6.07 Å². The maximum atomic E-state index is 13.7. The van der Waals surface area contributed by atoms with Crippen LogP contribution in [0.1, 0.15) is 47.3 Å². The number of anilines is 1. The van der Waals surface area contributed by atoms with Crippen LogP contribution in [0.3, 0.4) is 0 Å². The van der Waals surface area contributed by atoms with Gasteiger partial charge in [0.2, 0.25) is 5.91 Å². The van der Waals surface area contributed by atoms with Crippen molar-refractivity contribution in [1.82, 2.24) is 9.47 Å². The summed E-state index contributed by atoms with van der Waals surface area (Å²) in [4.78, 5) is 14.9. The standard InChI is InChI=1S/C23H29FN4O2/c1-15-16(2)28(9-5-11-30-4)23(21(15)13-25)26-22(29)14-27-10-8-18-6-7-19(24)12-20(18)17(27)3/h6-7,12,17H,5,8-11,14H2,1-4H3,(H,26,29). The zero-order chi connectivity index (χ0) is 21.8. The van der Waals surface area contributed by atoms with E-state index in [4.69, 9.17) is 4.74 Å². The molecule has 7 heteroatoms. The molecule has 6 nitrogen and oxygen atoms in total. The van der Waals surface area contributed by atoms with Crippen LogP contribution in [0.25, 0.3) is 0 Å². The molecular weight excluding hydrogens is 383 g/mol. The Hall–Kier alpha value is -2.69. The molecule has 0 fully saturated rings. The Morgan fingerprint density at radius 3 is 2.87 bits per heavy atom. The monoisotopic (exact) mass is 412 g/mol. The fraction of sp³-hybridized carbons (Fsp3) is 0.478. The number of aromatic nitrogens is 1. The largest absolute Gasteiger partial charge is 0.385 e. The van der Waals surface area contributed by atoms with Crippen molar-refractivity contribution >= 4 is 11.7 Å². The van der Waals surface area contributed by atoms with Crippen molar-refractivity contribution in [2.75, 3.05) is 32.1 Å². The third kappa shape index (κ3) is 4.40. The average molecular weight is 413 g/mol. The molecular formula is C23H29FN4O2. The highest BCUT2D eigenvalue weighted by atomic mass is 19.1. The van der Waals surface area contributed by atoms with Crippen LogP contribution < -0.4 is 5.32 Å². The molecule has 1 aromatic carbocycles. The lowest BCUT2D eigenvalue weighted by atomic mass is 9.93. The lowest BCUT2D eigenvalue weighted by Gasteiger charge is -2.34. The van der Waals surface area contributed by atoms with Crippen LogP contribution >= 0.6 is 0 Å². The SMILES string of the molecule is COCCCn1c(C)c(C)c(C#N)c1NC(=O)CN1CCc2ccc(F)cc2C1C. The molecule has 160 valence electrons. The van der Waals surface area contributed by atoms with E-state index >= 15 is 0 Å². The van der Waals surface area contributed by atoms with Gasteiger partial charge in [-0.25, -0.2) is 4.39 Å². The number of carbonyl (C=O) groups is 1. The third-order valence-electron chi connectivity index (χ3n) is 6.05. The second-order valence-corrected chi connectivity index (χ2v) is 7.83. The van der Waals surface area contributed by atoms with Crippen molar-refractivity contribution in [3.05, 3.63) is 52.0 Å². The quantitative estimate of drug-likeness (QED) is 0.704. The molecule has 3 rings (SSSR count). The number of hydrogen-bond acceptors (Lipinski definition) is 4. The van der Waals surface area contributed by atoms with Gasteiger partial charge in [-0.15, -0.1) is 0 Å². The Morgan fingerprint density at radius 1 is 1.40 bits per heavy atom. The highest BCUT2D eigenvalue weighted by Gasteiger charge is 2.27. The Morgan fingerprint density at radius 2 is 2.17 bits per heavy atom. The van der Waals surface area contributed by atoms with Gasteiger partial charge in [-0.1, -0.05) is 6.07 Å². The number of nitrogens with zero attached hydrogens (tertiary/aromatic N) is 3. The van der Waals surface area contributed by atoms with E-state index < -0.39 is 0 Å². The van der Waals surface area contributed by atoms with Gasteiger partial charge in [0.25, 0.3) is 0 Å². The number of rotatable bonds is 7. The van der Waals surface area contributed by atoms with Gasteiger partial charge in [-0.3, -0.25) is 9.69 Å². The van der Waals surface area contributed by atoms with Crippen LogP contribution in [-0.2, 0) is 22.5 Å².